The van der Waals surface area contributed by atoms with Crippen LogP contribution < -0.4 is 5.32 Å². The number of amides is 2. The van der Waals surface area contributed by atoms with Gasteiger partial charge in [-0.05, 0) is 45.4 Å². The van der Waals surface area contributed by atoms with Crippen molar-refractivity contribution in [2.75, 3.05) is 13.7 Å². The first kappa shape index (κ1) is 19.9. The van der Waals surface area contributed by atoms with Crippen molar-refractivity contribution in [2.24, 2.45) is 0 Å². The minimum Gasteiger partial charge on any atom is -0.465 e. The SMILES string of the molecule is COC(=O)c1ccc(CN2C(=O)C(COC(C)(C)C)NC(=O)C2C)cc1. The van der Waals surface area contributed by atoms with E-state index in [0.29, 0.717) is 5.56 Å². The van der Waals surface area contributed by atoms with Crippen molar-refractivity contribution in [2.45, 2.75) is 51.9 Å². The molecule has 1 N–H and O–H groups in total. The molecule has 2 atom stereocenters. The predicted molar refractivity (Wildman–Crippen MR) is 95.4 cm³/mol. The number of benzene rings is 1. The number of rotatable bonds is 5. The number of carbonyl (C=O) groups is 3. The average Bonchev–Trinajstić information content (AvgIpc) is 2.59. The lowest BCUT2D eigenvalue weighted by atomic mass is 10.1. The van der Waals surface area contributed by atoms with Crippen LogP contribution >= 0.6 is 0 Å². The van der Waals surface area contributed by atoms with Gasteiger partial charge in [-0.25, -0.2) is 4.79 Å². The number of hydrogen-bond donors (Lipinski definition) is 1. The zero-order chi connectivity index (χ0) is 19.5. The quantitative estimate of drug-likeness (QED) is 0.803. The molecule has 0 aromatic heterocycles. The van der Waals surface area contributed by atoms with Gasteiger partial charge in [-0.3, -0.25) is 9.59 Å². The van der Waals surface area contributed by atoms with Crippen molar-refractivity contribution in [1.29, 1.82) is 0 Å². The summed E-state index contributed by atoms with van der Waals surface area (Å²) in [7, 11) is 1.32. The lowest BCUT2D eigenvalue weighted by Gasteiger charge is -2.38. The molecule has 1 aliphatic rings. The smallest absolute Gasteiger partial charge is 0.337 e. The molecule has 0 aliphatic carbocycles. The third-order valence-corrected chi connectivity index (χ3v) is 4.16. The average molecular weight is 362 g/mol. The Hall–Kier alpha value is -2.41. The van der Waals surface area contributed by atoms with E-state index in [2.05, 4.69) is 10.1 Å². The van der Waals surface area contributed by atoms with Crippen LogP contribution in [-0.2, 0) is 25.6 Å². The molecule has 26 heavy (non-hydrogen) atoms. The maximum atomic E-state index is 12.8. The topological polar surface area (TPSA) is 84.9 Å². The molecule has 142 valence electrons. The highest BCUT2D eigenvalue weighted by atomic mass is 16.5. The maximum Gasteiger partial charge on any atom is 0.337 e. The van der Waals surface area contributed by atoms with Crippen molar-refractivity contribution < 1.29 is 23.9 Å². The van der Waals surface area contributed by atoms with Crippen LogP contribution in [0.25, 0.3) is 0 Å². The van der Waals surface area contributed by atoms with Crippen molar-refractivity contribution >= 4 is 17.8 Å². The van der Waals surface area contributed by atoms with Crippen LogP contribution in [0.4, 0.5) is 0 Å². The van der Waals surface area contributed by atoms with Crippen molar-refractivity contribution in [3.63, 3.8) is 0 Å². The minimum atomic E-state index is -0.702. The van der Waals surface area contributed by atoms with E-state index in [1.165, 1.54) is 12.0 Å². The monoisotopic (exact) mass is 362 g/mol. The summed E-state index contributed by atoms with van der Waals surface area (Å²) in [6.07, 6.45) is 0. The molecular weight excluding hydrogens is 336 g/mol. The fourth-order valence-electron chi connectivity index (χ4n) is 2.61. The van der Waals surface area contributed by atoms with Crippen molar-refractivity contribution in [3.8, 4) is 0 Å². The van der Waals surface area contributed by atoms with Gasteiger partial charge >= 0.3 is 5.97 Å². The number of piperazine rings is 1. The number of methoxy groups -OCH3 is 1. The number of esters is 1. The summed E-state index contributed by atoms with van der Waals surface area (Å²) < 4.78 is 10.3. The first-order valence-corrected chi connectivity index (χ1v) is 8.54. The van der Waals surface area contributed by atoms with Crippen LogP contribution in [0.1, 0.15) is 43.6 Å². The van der Waals surface area contributed by atoms with Gasteiger partial charge in [0, 0.05) is 6.54 Å². The molecule has 2 amide bonds. The Morgan fingerprint density at radius 2 is 1.81 bits per heavy atom. The first-order valence-electron chi connectivity index (χ1n) is 8.54. The molecule has 0 radical (unpaired) electrons. The molecule has 2 rings (SSSR count). The van der Waals surface area contributed by atoms with Crippen LogP contribution in [0.3, 0.4) is 0 Å². The van der Waals surface area contributed by atoms with E-state index in [4.69, 9.17) is 4.74 Å². The summed E-state index contributed by atoms with van der Waals surface area (Å²) in [6.45, 7) is 7.78. The molecule has 1 aromatic rings. The van der Waals surface area contributed by atoms with Gasteiger partial charge < -0.3 is 19.7 Å². The van der Waals surface area contributed by atoms with Gasteiger partial charge in [-0.2, -0.15) is 0 Å². The fourth-order valence-corrected chi connectivity index (χ4v) is 2.61. The van der Waals surface area contributed by atoms with Crippen LogP contribution in [0.15, 0.2) is 24.3 Å². The lowest BCUT2D eigenvalue weighted by molar-refractivity contribution is -0.152. The zero-order valence-corrected chi connectivity index (χ0v) is 15.9. The third kappa shape index (κ3) is 4.82. The van der Waals surface area contributed by atoms with E-state index in [-0.39, 0.29) is 25.0 Å². The highest BCUT2D eigenvalue weighted by Crippen LogP contribution is 2.17. The fraction of sp³-hybridized carbons (Fsp3) is 0.526. The Morgan fingerprint density at radius 1 is 1.19 bits per heavy atom. The maximum absolute atomic E-state index is 12.8. The number of carbonyl (C=O) groups excluding carboxylic acids is 3. The number of nitrogens with one attached hydrogen (secondary N) is 1. The highest BCUT2D eigenvalue weighted by molar-refractivity contribution is 5.96. The largest absolute Gasteiger partial charge is 0.465 e. The Morgan fingerprint density at radius 3 is 2.35 bits per heavy atom. The van der Waals surface area contributed by atoms with Gasteiger partial charge in [0.1, 0.15) is 12.1 Å². The van der Waals surface area contributed by atoms with Gasteiger partial charge in [-0.1, -0.05) is 12.1 Å². The molecule has 0 saturated carbocycles. The van der Waals surface area contributed by atoms with E-state index >= 15 is 0 Å². The van der Waals surface area contributed by atoms with Crippen molar-refractivity contribution in [3.05, 3.63) is 35.4 Å². The molecule has 7 nitrogen and oxygen atoms in total. The van der Waals surface area contributed by atoms with Crippen LogP contribution in [0.5, 0.6) is 0 Å². The molecule has 1 aliphatic heterocycles. The standard InChI is InChI=1S/C19H26N2O5/c1-12-16(22)20-15(11-26-19(2,3)4)17(23)21(12)10-13-6-8-14(9-7-13)18(24)25-5/h6-9,12,15H,10-11H2,1-5H3,(H,20,22). The summed E-state index contributed by atoms with van der Waals surface area (Å²) in [5.41, 5.74) is 0.856. The van der Waals surface area contributed by atoms with Crippen molar-refractivity contribution in [1.82, 2.24) is 10.2 Å². The summed E-state index contributed by atoms with van der Waals surface area (Å²) in [4.78, 5) is 38.1. The Labute approximate surface area is 153 Å². The molecule has 0 spiro atoms. The van der Waals surface area contributed by atoms with E-state index < -0.39 is 23.7 Å². The van der Waals surface area contributed by atoms with E-state index in [0.717, 1.165) is 5.56 Å². The van der Waals surface area contributed by atoms with E-state index in [1.807, 2.05) is 20.8 Å². The lowest BCUT2D eigenvalue weighted by Crippen LogP contribution is -2.63. The molecule has 2 unspecified atom stereocenters. The molecule has 7 heteroatoms. The zero-order valence-electron chi connectivity index (χ0n) is 15.9. The Bertz CT molecular complexity index is 678. The molecule has 1 heterocycles. The van der Waals surface area contributed by atoms with Crippen LogP contribution in [-0.4, -0.2) is 54.1 Å². The Balaban J connectivity index is 2.11. The molecule has 1 fully saturated rings. The summed E-state index contributed by atoms with van der Waals surface area (Å²) in [5.74, 6) is -0.811. The van der Waals surface area contributed by atoms with Gasteiger partial charge in [-0.15, -0.1) is 0 Å². The molecule has 1 saturated heterocycles. The van der Waals surface area contributed by atoms with Gasteiger partial charge in [0.2, 0.25) is 11.8 Å². The minimum absolute atomic E-state index is 0.124. The Kier molecular flexibility index (Phi) is 6.02. The van der Waals surface area contributed by atoms with Crippen LogP contribution in [0.2, 0.25) is 0 Å². The summed E-state index contributed by atoms with van der Waals surface area (Å²) >= 11 is 0. The highest BCUT2D eigenvalue weighted by Gasteiger charge is 2.38. The van der Waals surface area contributed by atoms with E-state index in [9.17, 15) is 14.4 Å². The predicted octanol–water partition coefficient (Wildman–Crippen LogP) is 1.50. The number of hydrogen-bond acceptors (Lipinski definition) is 5. The summed E-state index contributed by atoms with van der Waals surface area (Å²) in [5, 5.41) is 2.72. The second-order valence-electron chi connectivity index (χ2n) is 7.32. The first-order chi connectivity index (χ1) is 12.1. The third-order valence-electron chi connectivity index (χ3n) is 4.16. The van der Waals surface area contributed by atoms with Gasteiger partial charge in [0.05, 0.1) is 24.9 Å². The number of ether oxygens (including phenoxy) is 2. The summed E-state index contributed by atoms with van der Waals surface area (Å²) in [6, 6.07) is 5.50. The molecule has 1 aromatic carbocycles. The van der Waals surface area contributed by atoms with Gasteiger partial charge in [0.15, 0.2) is 0 Å². The van der Waals surface area contributed by atoms with Gasteiger partial charge in [0.25, 0.3) is 0 Å². The second kappa shape index (κ2) is 7.86. The molecular formula is C19H26N2O5. The van der Waals surface area contributed by atoms with Crippen LogP contribution in [0, 0.1) is 0 Å². The van der Waals surface area contributed by atoms with E-state index in [1.54, 1.807) is 31.2 Å². The normalized spacial score (nSPS) is 20.7. The second-order valence-corrected chi connectivity index (χ2v) is 7.32. The molecule has 0 bridgehead atoms. The number of nitrogens with zero attached hydrogens (tertiary/aromatic N) is 1.